The third kappa shape index (κ3) is 3.49. The highest BCUT2D eigenvalue weighted by atomic mass is 16.5. The lowest BCUT2D eigenvalue weighted by Crippen LogP contribution is -2.36. The summed E-state index contributed by atoms with van der Waals surface area (Å²) in [4.78, 5) is 0. The zero-order valence-corrected chi connectivity index (χ0v) is 11.6. The van der Waals surface area contributed by atoms with Crippen LogP contribution in [0.3, 0.4) is 0 Å². The monoisotopic (exact) mass is 247 g/mol. The first-order valence-corrected chi connectivity index (χ1v) is 7.19. The number of rotatable bonds is 6. The fraction of sp³-hybridized carbons (Fsp3) is 0.625. The van der Waals surface area contributed by atoms with E-state index in [2.05, 4.69) is 30.4 Å². The summed E-state index contributed by atoms with van der Waals surface area (Å²) in [7, 11) is 1.73. The summed E-state index contributed by atoms with van der Waals surface area (Å²) in [6.07, 6.45) is 6.72. The number of hydrogen-bond acceptors (Lipinski definition) is 2. The van der Waals surface area contributed by atoms with Gasteiger partial charge in [0.15, 0.2) is 0 Å². The Morgan fingerprint density at radius 1 is 1.33 bits per heavy atom. The van der Waals surface area contributed by atoms with E-state index in [1.54, 1.807) is 7.11 Å². The molecule has 2 heteroatoms. The van der Waals surface area contributed by atoms with Crippen molar-refractivity contribution >= 4 is 0 Å². The van der Waals surface area contributed by atoms with Crippen LogP contribution in [0.15, 0.2) is 24.3 Å². The Hall–Kier alpha value is -1.02. The van der Waals surface area contributed by atoms with E-state index in [9.17, 15) is 0 Å². The van der Waals surface area contributed by atoms with Crippen LogP contribution >= 0.6 is 0 Å². The van der Waals surface area contributed by atoms with Crippen LogP contribution in [0.25, 0.3) is 0 Å². The van der Waals surface area contributed by atoms with Gasteiger partial charge in [0.1, 0.15) is 5.75 Å². The quantitative estimate of drug-likeness (QED) is 0.832. The molecule has 18 heavy (non-hydrogen) atoms. The molecule has 0 heterocycles. The normalized spacial score (nSPS) is 17.9. The molecule has 0 bridgehead atoms. The van der Waals surface area contributed by atoms with E-state index in [0.29, 0.717) is 6.04 Å². The van der Waals surface area contributed by atoms with Gasteiger partial charge in [-0.25, -0.2) is 0 Å². The van der Waals surface area contributed by atoms with Crippen LogP contribution in [0.1, 0.15) is 38.2 Å². The van der Waals surface area contributed by atoms with E-state index in [-0.39, 0.29) is 0 Å². The number of hydrogen-bond donors (Lipinski definition) is 1. The predicted molar refractivity (Wildman–Crippen MR) is 76.1 cm³/mol. The van der Waals surface area contributed by atoms with Gasteiger partial charge in [-0.1, -0.05) is 31.9 Å². The molecule has 0 amide bonds. The second-order valence-corrected chi connectivity index (χ2v) is 5.26. The Morgan fingerprint density at radius 3 is 2.78 bits per heavy atom. The third-order valence-electron chi connectivity index (χ3n) is 4.02. The molecule has 1 atom stereocenters. The van der Waals surface area contributed by atoms with Gasteiger partial charge in [0.2, 0.25) is 0 Å². The van der Waals surface area contributed by atoms with Gasteiger partial charge in [0.05, 0.1) is 7.11 Å². The van der Waals surface area contributed by atoms with Gasteiger partial charge in [-0.2, -0.15) is 0 Å². The van der Waals surface area contributed by atoms with Crippen LogP contribution < -0.4 is 10.1 Å². The Kier molecular flexibility index (Phi) is 5.06. The molecule has 1 unspecified atom stereocenters. The van der Waals surface area contributed by atoms with Gasteiger partial charge < -0.3 is 10.1 Å². The molecule has 0 aromatic heterocycles. The Bertz CT molecular complexity index is 358. The van der Waals surface area contributed by atoms with Crippen molar-refractivity contribution in [3.05, 3.63) is 29.8 Å². The molecule has 2 rings (SSSR count). The number of likely N-dealkylation sites (N-methyl/N-ethyl adjacent to an activating group) is 1. The smallest absolute Gasteiger partial charge is 0.119 e. The largest absolute Gasteiger partial charge is 0.497 e. The van der Waals surface area contributed by atoms with E-state index in [4.69, 9.17) is 4.74 Å². The summed E-state index contributed by atoms with van der Waals surface area (Å²) in [5.74, 6) is 1.82. The minimum absolute atomic E-state index is 0.629. The highest BCUT2D eigenvalue weighted by Gasteiger charge is 2.24. The molecule has 1 aliphatic carbocycles. The van der Waals surface area contributed by atoms with Gasteiger partial charge in [-0.05, 0) is 49.4 Å². The van der Waals surface area contributed by atoms with Crippen LogP contribution in [0.2, 0.25) is 0 Å². The standard InChI is InChI=1S/C16H25NO/c1-3-17-16(14-8-4-5-9-14)12-13-7-6-10-15(11-13)18-2/h6-7,10-11,14,16-17H,3-5,8-9,12H2,1-2H3. The van der Waals surface area contributed by atoms with Gasteiger partial charge >= 0.3 is 0 Å². The second-order valence-electron chi connectivity index (χ2n) is 5.26. The number of benzene rings is 1. The first-order chi connectivity index (χ1) is 8.83. The van der Waals surface area contributed by atoms with E-state index in [1.165, 1.54) is 31.2 Å². The molecule has 2 nitrogen and oxygen atoms in total. The molecule has 1 N–H and O–H groups in total. The summed E-state index contributed by atoms with van der Waals surface area (Å²) in [6, 6.07) is 9.11. The van der Waals surface area contributed by atoms with Gasteiger partial charge in [0, 0.05) is 6.04 Å². The lowest BCUT2D eigenvalue weighted by atomic mass is 9.92. The topological polar surface area (TPSA) is 21.3 Å². The molecule has 1 aromatic carbocycles. The van der Waals surface area contributed by atoms with Crippen LogP contribution in [-0.2, 0) is 6.42 Å². The zero-order valence-electron chi connectivity index (χ0n) is 11.6. The molecule has 1 aliphatic rings. The lowest BCUT2D eigenvalue weighted by Gasteiger charge is -2.24. The van der Waals surface area contributed by atoms with Crippen LogP contribution in [0, 0.1) is 5.92 Å². The van der Waals surface area contributed by atoms with E-state index < -0.39 is 0 Å². The van der Waals surface area contributed by atoms with Crippen molar-refractivity contribution in [2.75, 3.05) is 13.7 Å². The summed E-state index contributed by atoms with van der Waals surface area (Å²) < 4.78 is 5.30. The highest BCUT2D eigenvalue weighted by molar-refractivity contribution is 5.29. The third-order valence-corrected chi connectivity index (χ3v) is 4.02. The first kappa shape index (κ1) is 13.4. The second kappa shape index (κ2) is 6.79. The van der Waals surface area contributed by atoms with E-state index in [1.807, 2.05) is 6.07 Å². The summed E-state index contributed by atoms with van der Waals surface area (Å²) in [5.41, 5.74) is 1.38. The molecular weight excluding hydrogens is 222 g/mol. The van der Waals surface area contributed by atoms with Crippen LogP contribution in [-0.4, -0.2) is 19.7 Å². The van der Waals surface area contributed by atoms with Crippen molar-refractivity contribution in [1.29, 1.82) is 0 Å². The highest BCUT2D eigenvalue weighted by Crippen LogP contribution is 2.29. The van der Waals surface area contributed by atoms with Crippen molar-refractivity contribution in [3.8, 4) is 5.75 Å². The molecule has 0 spiro atoms. The minimum Gasteiger partial charge on any atom is -0.497 e. The number of ether oxygens (including phenoxy) is 1. The molecule has 1 fully saturated rings. The van der Waals surface area contributed by atoms with Crippen LogP contribution in [0.5, 0.6) is 5.75 Å². The molecule has 1 aromatic rings. The maximum absolute atomic E-state index is 5.30. The molecule has 0 saturated heterocycles. The summed E-state index contributed by atoms with van der Waals surface area (Å²) >= 11 is 0. The molecule has 100 valence electrons. The van der Waals surface area contributed by atoms with Gasteiger partial charge in [0.25, 0.3) is 0 Å². The van der Waals surface area contributed by atoms with E-state index in [0.717, 1.165) is 24.6 Å². The Balaban J connectivity index is 2.02. The SMILES string of the molecule is CCNC(Cc1cccc(OC)c1)C1CCCC1. The van der Waals surface area contributed by atoms with Crippen LogP contribution in [0.4, 0.5) is 0 Å². The van der Waals surface area contributed by atoms with Crippen molar-refractivity contribution in [3.63, 3.8) is 0 Å². The van der Waals surface area contributed by atoms with Gasteiger partial charge in [-0.15, -0.1) is 0 Å². The molecule has 1 saturated carbocycles. The molecular formula is C16H25NO. The average molecular weight is 247 g/mol. The lowest BCUT2D eigenvalue weighted by molar-refractivity contribution is 0.361. The Labute approximate surface area is 111 Å². The van der Waals surface area contributed by atoms with Crippen molar-refractivity contribution in [2.24, 2.45) is 5.92 Å². The fourth-order valence-electron chi connectivity index (χ4n) is 3.08. The summed E-state index contributed by atoms with van der Waals surface area (Å²) in [6.45, 7) is 3.26. The average Bonchev–Trinajstić information content (AvgIpc) is 2.92. The zero-order chi connectivity index (χ0) is 12.8. The predicted octanol–water partition coefficient (Wildman–Crippen LogP) is 3.41. The first-order valence-electron chi connectivity index (χ1n) is 7.19. The number of nitrogens with one attached hydrogen (secondary N) is 1. The minimum atomic E-state index is 0.629. The molecule has 0 aliphatic heterocycles. The Morgan fingerprint density at radius 2 is 2.11 bits per heavy atom. The summed E-state index contributed by atoms with van der Waals surface area (Å²) in [5, 5.41) is 3.67. The number of methoxy groups -OCH3 is 1. The maximum Gasteiger partial charge on any atom is 0.119 e. The fourth-order valence-corrected chi connectivity index (χ4v) is 3.08. The maximum atomic E-state index is 5.30. The van der Waals surface area contributed by atoms with E-state index >= 15 is 0 Å². The van der Waals surface area contributed by atoms with Crippen molar-refractivity contribution < 1.29 is 4.74 Å². The van der Waals surface area contributed by atoms with Crippen molar-refractivity contribution in [2.45, 2.75) is 45.1 Å². The molecule has 0 radical (unpaired) electrons. The van der Waals surface area contributed by atoms with Crippen molar-refractivity contribution in [1.82, 2.24) is 5.32 Å². The van der Waals surface area contributed by atoms with Gasteiger partial charge in [-0.3, -0.25) is 0 Å².